The molecule has 1 saturated carbocycles. The van der Waals surface area contributed by atoms with Crippen LogP contribution in [-0.2, 0) is 6.54 Å². The summed E-state index contributed by atoms with van der Waals surface area (Å²) in [5.41, 5.74) is 1.62. The Kier molecular flexibility index (Phi) is 2.93. The van der Waals surface area contributed by atoms with Crippen molar-refractivity contribution >= 4 is 0 Å². The average molecular weight is 231 g/mol. The minimum Gasteiger partial charge on any atom is -0.392 e. The Morgan fingerprint density at radius 2 is 2.06 bits per heavy atom. The second-order valence-corrected chi connectivity index (χ2v) is 5.72. The van der Waals surface area contributed by atoms with Crippen LogP contribution in [0.4, 0.5) is 0 Å². The second-order valence-electron chi connectivity index (χ2n) is 5.72. The summed E-state index contributed by atoms with van der Waals surface area (Å²) >= 11 is 0. The summed E-state index contributed by atoms with van der Waals surface area (Å²) in [4.78, 5) is 2.50. The molecule has 0 unspecified atom stereocenters. The minimum absolute atomic E-state index is 0.0525. The fourth-order valence-corrected chi connectivity index (χ4v) is 3.56. The van der Waals surface area contributed by atoms with E-state index < -0.39 is 0 Å². The summed E-state index contributed by atoms with van der Waals surface area (Å²) in [6.07, 6.45) is 4.57. The summed E-state index contributed by atoms with van der Waals surface area (Å²) in [6, 6.07) is 10.7. The standard InChI is InChI=1S/C15H21NO/c17-14-7-4-8-15(14)9-10-16(12-15)11-13-5-2-1-3-6-13/h1-3,5-6,14,17H,4,7-12H2/t14-,15-/m1/s1. The monoisotopic (exact) mass is 231 g/mol. The molecule has 92 valence electrons. The molecule has 0 radical (unpaired) electrons. The lowest BCUT2D eigenvalue weighted by Gasteiger charge is -2.27. The number of benzene rings is 1. The van der Waals surface area contributed by atoms with Gasteiger partial charge in [-0.2, -0.15) is 0 Å². The molecule has 1 aliphatic carbocycles. The molecule has 2 aliphatic rings. The number of likely N-dealkylation sites (tertiary alicyclic amines) is 1. The summed E-state index contributed by atoms with van der Waals surface area (Å²) in [7, 11) is 0. The van der Waals surface area contributed by atoms with E-state index in [2.05, 4.69) is 35.2 Å². The topological polar surface area (TPSA) is 23.5 Å². The molecule has 1 aromatic carbocycles. The van der Waals surface area contributed by atoms with Crippen LogP contribution in [-0.4, -0.2) is 29.2 Å². The van der Waals surface area contributed by atoms with Crippen molar-refractivity contribution in [3.63, 3.8) is 0 Å². The Hall–Kier alpha value is -0.860. The molecule has 0 bridgehead atoms. The molecule has 17 heavy (non-hydrogen) atoms. The second kappa shape index (κ2) is 4.43. The molecule has 2 fully saturated rings. The van der Waals surface area contributed by atoms with Crippen LogP contribution in [0.5, 0.6) is 0 Å². The van der Waals surface area contributed by atoms with E-state index in [0.29, 0.717) is 0 Å². The van der Waals surface area contributed by atoms with Crippen LogP contribution in [0.3, 0.4) is 0 Å². The lowest BCUT2D eigenvalue weighted by atomic mass is 9.83. The molecule has 1 saturated heterocycles. The minimum atomic E-state index is -0.0525. The summed E-state index contributed by atoms with van der Waals surface area (Å²) in [5, 5.41) is 10.1. The van der Waals surface area contributed by atoms with Crippen LogP contribution < -0.4 is 0 Å². The van der Waals surface area contributed by atoms with Crippen LogP contribution >= 0.6 is 0 Å². The Morgan fingerprint density at radius 3 is 2.76 bits per heavy atom. The van der Waals surface area contributed by atoms with E-state index >= 15 is 0 Å². The number of nitrogens with zero attached hydrogens (tertiary/aromatic N) is 1. The molecule has 1 aromatic rings. The average Bonchev–Trinajstić information content (AvgIpc) is 2.90. The Bertz CT molecular complexity index is 378. The zero-order chi connectivity index (χ0) is 11.7. The van der Waals surface area contributed by atoms with Crippen LogP contribution in [0.25, 0.3) is 0 Å². The van der Waals surface area contributed by atoms with Crippen molar-refractivity contribution in [1.82, 2.24) is 4.90 Å². The van der Waals surface area contributed by atoms with E-state index in [1.807, 2.05) is 0 Å². The van der Waals surface area contributed by atoms with Gasteiger partial charge in [0.1, 0.15) is 0 Å². The zero-order valence-electron chi connectivity index (χ0n) is 10.3. The molecule has 0 aromatic heterocycles. The van der Waals surface area contributed by atoms with Gasteiger partial charge >= 0.3 is 0 Å². The Balaban J connectivity index is 1.65. The van der Waals surface area contributed by atoms with Crippen molar-refractivity contribution in [1.29, 1.82) is 0 Å². The quantitative estimate of drug-likeness (QED) is 0.845. The van der Waals surface area contributed by atoms with Crippen molar-refractivity contribution in [3.8, 4) is 0 Å². The first-order valence-corrected chi connectivity index (χ1v) is 6.73. The molecular weight excluding hydrogens is 210 g/mol. The third-order valence-corrected chi connectivity index (χ3v) is 4.57. The highest BCUT2D eigenvalue weighted by Gasteiger charge is 2.46. The molecule has 0 amide bonds. The number of hydrogen-bond donors (Lipinski definition) is 1. The van der Waals surface area contributed by atoms with Gasteiger partial charge in [0.2, 0.25) is 0 Å². The molecule has 1 N–H and O–H groups in total. The van der Waals surface area contributed by atoms with E-state index in [0.717, 1.165) is 26.1 Å². The van der Waals surface area contributed by atoms with Crippen LogP contribution in [0.1, 0.15) is 31.2 Å². The third-order valence-electron chi connectivity index (χ3n) is 4.57. The predicted molar refractivity (Wildman–Crippen MR) is 68.6 cm³/mol. The van der Waals surface area contributed by atoms with Gasteiger partial charge in [-0.15, -0.1) is 0 Å². The van der Waals surface area contributed by atoms with Gasteiger partial charge < -0.3 is 5.11 Å². The fraction of sp³-hybridized carbons (Fsp3) is 0.600. The summed E-state index contributed by atoms with van der Waals surface area (Å²) in [6.45, 7) is 3.27. The molecule has 2 nitrogen and oxygen atoms in total. The van der Waals surface area contributed by atoms with Crippen LogP contribution in [0.2, 0.25) is 0 Å². The van der Waals surface area contributed by atoms with E-state index in [1.165, 1.54) is 24.8 Å². The number of aliphatic hydroxyl groups is 1. The number of aliphatic hydroxyl groups excluding tert-OH is 1. The zero-order valence-corrected chi connectivity index (χ0v) is 10.3. The summed E-state index contributed by atoms with van der Waals surface area (Å²) < 4.78 is 0. The van der Waals surface area contributed by atoms with E-state index in [4.69, 9.17) is 0 Å². The van der Waals surface area contributed by atoms with Gasteiger partial charge in [-0.05, 0) is 31.4 Å². The maximum absolute atomic E-state index is 10.1. The van der Waals surface area contributed by atoms with Crippen molar-refractivity contribution < 1.29 is 5.11 Å². The first-order valence-electron chi connectivity index (χ1n) is 6.73. The van der Waals surface area contributed by atoms with Crippen LogP contribution in [0, 0.1) is 5.41 Å². The summed E-state index contributed by atoms with van der Waals surface area (Å²) in [5.74, 6) is 0. The lowest BCUT2D eigenvalue weighted by molar-refractivity contribution is 0.0578. The van der Waals surface area contributed by atoms with Gasteiger partial charge in [0, 0.05) is 18.5 Å². The molecule has 1 aliphatic heterocycles. The highest BCUT2D eigenvalue weighted by molar-refractivity contribution is 5.15. The van der Waals surface area contributed by atoms with Gasteiger partial charge in [-0.25, -0.2) is 0 Å². The van der Waals surface area contributed by atoms with Gasteiger partial charge in [-0.3, -0.25) is 4.90 Å². The highest BCUT2D eigenvalue weighted by atomic mass is 16.3. The van der Waals surface area contributed by atoms with Gasteiger partial charge in [0.25, 0.3) is 0 Å². The third kappa shape index (κ3) is 2.12. The molecular formula is C15H21NO. The normalized spacial score (nSPS) is 33.6. The first kappa shape index (κ1) is 11.2. The van der Waals surface area contributed by atoms with Crippen molar-refractivity contribution in [2.45, 2.75) is 38.3 Å². The van der Waals surface area contributed by atoms with Gasteiger partial charge in [0.05, 0.1) is 6.10 Å². The largest absolute Gasteiger partial charge is 0.392 e. The molecule has 1 heterocycles. The molecule has 2 heteroatoms. The van der Waals surface area contributed by atoms with E-state index in [-0.39, 0.29) is 11.5 Å². The van der Waals surface area contributed by atoms with Crippen LogP contribution in [0.15, 0.2) is 30.3 Å². The van der Waals surface area contributed by atoms with E-state index in [9.17, 15) is 5.11 Å². The van der Waals surface area contributed by atoms with Gasteiger partial charge in [-0.1, -0.05) is 36.8 Å². The predicted octanol–water partition coefficient (Wildman–Crippen LogP) is 2.42. The van der Waals surface area contributed by atoms with E-state index in [1.54, 1.807) is 0 Å². The maximum atomic E-state index is 10.1. The lowest BCUT2D eigenvalue weighted by Crippen LogP contribution is -2.33. The Labute approximate surface area is 103 Å². The number of rotatable bonds is 2. The number of hydrogen-bond acceptors (Lipinski definition) is 2. The van der Waals surface area contributed by atoms with Crippen molar-refractivity contribution in [3.05, 3.63) is 35.9 Å². The molecule has 3 rings (SSSR count). The fourth-order valence-electron chi connectivity index (χ4n) is 3.56. The maximum Gasteiger partial charge on any atom is 0.0609 e. The molecule has 1 spiro atoms. The van der Waals surface area contributed by atoms with Gasteiger partial charge in [0.15, 0.2) is 0 Å². The smallest absolute Gasteiger partial charge is 0.0609 e. The van der Waals surface area contributed by atoms with Crippen molar-refractivity contribution in [2.24, 2.45) is 5.41 Å². The first-order chi connectivity index (χ1) is 8.28. The molecule has 2 atom stereocenters. The SMILES string of the molecule is O[C@@H]1CCC[C@]12CCN(Cc1ccccc1)C2. The highest BCUT2D eigenvalue weighted by Crippen LogP contribution is 2.45. The Morgan fingerprint density at radius 1 is 1.24 bits per heavy atom. The van der Waals surface area contributed by atoms with Crippen molar-refractivity contribution in [2.75, 3.05) is 13.1 Å².